The maximum absolute atomic E-state index is 13.0. The van der Waals surface area contributed by atoms with Crippen molar-refractivity contribution < 1.29 is 13.2 Å². The first-order valence-corrected chi connectivity index (χ1v) is 10.4. The van der Waals surface area contributed by atoms with Gasteiger partial charge in [0.2, 0.25) is 10.0 Å². The SMILES string of the molecule is CCc1ccc(S(=O)(=O)N2CCS[C@@H]2c2ccc(OC)cc2)cc1. The minimum absolute atomic E-state index is 0.188. The fourth-order valence-electron chi connectivity index (χ4n) is 2.76. The summed E-state index contributed by atoms with van der Waals surface area (Å²) in [5.41, 5.74) is 2.11. The van der Waals surface area contributed by atoms with E-state index in [2.05, 4.69) is 6.92 Å². The summed E-state index contributed by atoms with van der Waals surface area (Å²) in [5, 5.41) is -0.188. The van der Waals surface area contributed by atoms with Crippen molar-refractivity contribution in [2.24, 2.45) is 0 Å². The largest absolute Gasteiger partial charge is 0.497 e. The number of hydrogen-bond acceptors (Lipinski definition) is 4. The van der Waals surface area contributed by atoms with Crippen LogP contribution in [0.4, 0.5) is 0 Å². The lowest BCUT2D eigenvalue weighted by Crippen LogP contribution is -2.30. The van der Waals surface area contributed by atoms with Crippen molar-refractivity contribution >= 4 is 21.8 Å². The summed E-state index contributed by atoms with van der Waals surface area (Å²) in [4.78, 5) is 0.362. The molecule has 128 valence electrons. The molecule has 2 aromatic carbocycles. The van der Waals surface area contributed by atoms with E-state index in [1.807, 2.05) is 36.4 Å². The number of ether oxygens (including phenoxy) is 1. The molecule has 6 heteroatoms. The van der Waals surface area contributed by atoms with Gasteiger partial charge in [0.05, 0.1) is 17.4 Å². The summed E-state index contributed by atoms with van der Waals surface area (Å²) in [6, 6.07) is 14.8. The third kappa shape index (κ3) is 3.31. The third-order valence-electron chi connectivity index (χ3n) is 4.19. The highest BCUT2D eigenvalue weighted by Gasteiger charge is 2.36. The Bertz CT molecular complexity index is 786. The van der Waals surface area contributed by atoms with Crippen LogP contribution < -0.4 is 4.74 Å². The van der Waals surface area contributed by atoms with Crippen LogP contribution in [0.3, 0.4) is 0 Å². The Hall–Kier alpha value is -1.50. The molecule has 1 saturated heterocycles. The van der Waals surface area contributed by atoms with E-state index < -0.39 is 10.0 Å². The van der Waals surface area contributed by atoms with Crippen LogP contribution in [0.1, 0.15) is 23.4 Å². The molecule has 24 heavy (non-hydrogen) atoms. The first-order valence-electron chi connectivity index (χ1n) is 7.92. The number of nitrogens with zero attached hydrogens (tertiary/aromatic N) is 1. The monoisotopic (exact) mass is 363 g/mol. The molecule has 0 aromatic heterocycles. The number of benzene rings is 2. The minimum Gasteiger partial charge on any atom is -0.497 e. The van der Waals surface area contributed by atoms with E-state index >= 15 is 0 Å². The van der Waals surface area contributed by atoms with E-state index in [1.165, 1.54) is 0 Å². The van der Waals surface area contributed by atoms with Crippen molar-refractivity contribution in [1.29, 1.82) is 0 Å². The molecule has 1 heterocycles. The fourth-order valence-corrected chi connectivity index (χ4v) is 6.01. The molecule has 0 saturated carbocycles. The zero-order valence-electron chi connectivity index (χ0n) is 13.8. The van der Waals surface area contributed by atoms with Crippen LogP contribution in [0, 0.1) is 0 Å². The molecule has 4 nitrogen and oxygen atoms in total. The Morgan fingerprint density at radius 1 is 1.12 bits per heavy atom. The second-order valence-electron chi connectivity index (χ2n) is 5.61. The molecule has 2 aromatic rings. The molecule has 0 unspecified atom stereocenters. The van der Waals surface area contributed by atoms with Crippen LogP contribution in [-0.2, 0) is 16.4 Å². The van der Waals surface area contributed by atoms with Crippen molar-refractivity contribution in [3.63, 3.8) is 0 Å². The number of thioether (sulfide) groups is 1. The lowest BCUT2D eigenvalue weighted by atomic mass is 10.2. The Morgan fingerprint density at radius 3 is 2.38 bits per heavy atom. The number of aryl methyl sites for hydroxylation is 1. The second kappa shape index (κ2) is 7.17. The number of methoxy groups -OCH3 is 1. The van der Waals surface area contributed by atoms with E-state index in [4.69, 9.17) is 4.74 Å². The van der Waals surface area contributed by atoms with E-state index in [-0.39, 0.29) is 5.37 Å². The van der Waals surface area contributed by atoms with Gasteiger partial charge in [-0.2, -0.15) is 4.31 Å². The highest BCUT2D eigenvalue weighted by Crippen LogP contribution is 2.41. The molecule has 0 amide bonds. The standard InChI is InChI=1S/C18H21NO3S2/c1-3-14-4-10-17(11-5-14)24(20,21)19-12-13-23-18(19)15-6-8-16(22-2)9-7-15/h4-11,18H,3,12-13H2,1-2H3/t18-/m1/s1. The van der Waals surface area contributed by atoms with E-state index in [9.17, 15) is 8.42 Å². The van der Waals surface area contributed by atoms with Gasteiger partial charge in [0.25, 0.3) is 0 Å². The quantitative estimate of drug-likeness (QED) is 0.813. The zero-order valence-corrected chi connectivity index (χ0v) is 15.4. The van der Waals surface area contributed by atoms with Crippen molar-refractivity contribution in [1.82, 2.24) is 4.31 Å². The predicted octanol–water partition coefficient (Wildman–Crippen LogP) is 3.69. The summed E-state index contributed by atoms with van der Waals surface area (Å²) >= 11 is 1.65. The maximum Gasteiger partial charge on any atom is 0.244 e. The van der Waals surface area contributed by atoms with Crippen LogP contribution in [0.25, 0.3) is 0 Å². The summed E-state index contributed by atoms with van der Waals surface area (Å²) in [6.07, 6.45) is 0.897. The highest BCUT2D eigenvalue weighted by molar-refractivity contribution is 8.01. The first kappa shape index (κ1) is 17.3. The maximum atomic E-state index is 13.0. The highest BCUT2D eigenvalue weighted by atomic mass is 32.2. The molecule has 0 N–H and O–H groups in total. The van der Waals surface area contributed by atoms with Gasteiger partial charge in [-0.05, 0) is 41.8 Å². The lowest BCUT2D eigenvalue weighted by Gasteiger charge is -2.23. The van der Waals surface area contributed by atoms with Crippen LogP contribution in [-0.4, -0.2) is 32.1 Å². The molecule has 1 atom stereocenters. The Labute approximate surface area is 147 Å². The fraction of sp³-hybridized carbons (Fsp3) is 0.333. The molecule has 1 aliphatic rings. The van der Waals surface area contributed by atoms with Crippen molar-refractivity contribution in [2.45, 2.75) is 23.6 Å². The topological polar surface area (TPSA) is 46.6 Å². The van der Waals surface area contributed by atoms with Gasteiger partial charge in [0.1, 0.15) is 5.75 Å². The molecular formula is C18H21NO3S2. The zero-order chi connectivity index (χ0) is 17.2. The normalized spacial score (nSPS) is 18.7. The second-order valence-corrected chi connectivity index (χ2v) is 8.69. The van der Waals surface area contributed by atoms with Gasteiger partial charge < -0.3 is 4.74 Å². The van der Waals surface area contributed by atoms with Gasteiger partial charge >= 0.3 is 0 Å². The average molecular weight is 364 g/mol. The smallest absolute Gasteiger partial charge is 0.244 e. The van der Waals surface area contributed by atoms with Gasteiger partial charge in [-0.25, -0.2) is 8.42 Å². The van der Waals surface area contributed by atoms with Crippen molar-refractivity contribution in [3.05, 3.63) is 59.7 Å². The van der Waals surface area contributed by atoms with Gasteiger partial charge in [0.15, 0.2) is 0 Å². The molecule has 1 aliphatic heterocycles. The molecule has 0 bridgehead atoms. The Balaban J connectivity index is 1.90. The molecule has 0 aliphatic carbocycles. The van der Waals surface area contributed by atoms with Gasteiger partial charge in [-0.3, -0.25) is 0 Å². The van der Waals surface area contributed by atoms with E-state index in [0.717, 1.165) is 29.1 Å². The van der Waals surface area contributed by atoms with Crippen LogP contribution in [0.5, 0.6) is 5.75 Å². The average Bonchev–Trinajstić information content (AvgIpc) is 3.12. The molecule has 1 fully saturated rings. The summed E-state index contributed by atoms with van der Waals surface area (Å²) in [5.74, 6) is 1.56. The number of sulfonamides is 1. The first-order chi connectivity index (χ1) is 11.6. The Morgan fingerprint density at radius 2 is 1.79 bits per heavy atom. The summed E-state index contributed by atoms with van der Waals surface area (Å²) in [6.45, 7) is 2.58. The van der Waals surface area contributed by atoms with Crippen LogP contribution in [0.2, 0.25) is 0 Å². The van der Waals surface area contributed by atoms with E-state index in [1.54, 1.807) is 35.3 Å². The van der Waals surface area contributed by atoms with Crippen molar-refractivity contribution in [3.8, 4) is 5.75 Å². The summed E-state index contributed by atoms with van der Waals surface area (Å²) < 4.78 is 32.8. The van der Waals surface area contributed by atoms with Crippen LogP contribution in [0.15, 0.2) is 53.4 Å². The molecule has 3 rings (SSSR count). The van der Waals surface area contributed by atoms with E-state index in [0.29, 0.717) is 11.4 Å². The van der Waals surface area contributed by atoms with Crippen molar-refractivity contribution in [2.75, 3.05) is 19.4 Å². The predicted molar refractivity (Wildman–Crippen MR) is 97.9 cm³/mol. The summed E-state index contributed by atoms with van der Waals surface area (Å²) in [7, 11) is -1.87. The Kier molecular flexibility index (Phi) is 5.18. The number of hydrogen-bond donors (Lipinski definition) is 0. The molecular weight excluding hydrogens is 342 g/mol. The lowest BCUT2D eigenvalue weighted by molar-refractivity contribution is 0.413. The van der Waals surface area contributed by atoms with Gasteiger partial charge in [-0.1, -0.05) is 31.2 Å². The molecule has 0 spiro atoms. The molecule has 0 radical (unpaired) electrons. The third-order valence-corrected chi connectivity index (χ3v) is 7.46. The number of rotatable bonds is 5. The van der Waals surface area contributed by atoms with Gasteiger partial charge in [0, 0.05) is 12.3 Å². The van der Waals surface area contributed by atoms with Crippen LogP contribution >= 0.6 is 11.8 Å². The minimum atomic E-state index is -3.50. The van der Waals surface area contributed by atoms with Gasteiger partial charge in [-0.15, -0.1) is 11.8 Å².